The SMILES string of the molecule is CNCCn1cc(C23CC4CC(CC(C4)C2)C3)nc1C. The predicted octanol–water partition coefficient (Wildman–Crippen LogP) is 2.88. The molecule has 20 heavy (non-hydrogen) atoms. The van der Waals surface area contributed by atoms with Crippen molar-refractivity contribution in [1.82, 2.24) is 14.9 Å². The minimum Gasteiger partial charge on any atom is -0.334 e. The summed E-state index contributed by atoms with van der Waals surface area (Å²) in [6.45, 7) is 4.24. The van der Waals surface area contributed by atoms with Gasteiger partial charge in [0.05, 0.1) is 5.69 Å². The number of hydrogen-bond acceptors (Lipinski definition) is 2. The fraction of sp³-hybridized carbons (Fsp3) is 0.824. The molecule has 0 spiro atoms. The van der Waals surface area contributed by atoms with Crippen molar-refractivity contribution >= 4 is 0 Å². The van der Waals surface area contributed by atoms with E-state index in [1.54, 1.807) is 0 Å². The normalized spacial score (nSPS) is 38.6. The van der Waals surface area contributed by atoms with Crippen LogP contribution >= 0.6 is 0 Å². The molecule has 0 atom stereocenters. The van der Waals surface area contributed by atoms with Crippen LogP contribution in [0.4, 0.5) is 0 Å². The van der Waals surface area contributed by atoms with E-state index in [0.717, 1.165) is 30.8 Å². The summed E-state index contributed by atoms with van der Waals surface area (Å²) >= 11 is 0. The molecule has 4 aliphatic rings. The lowest BCUT2D eigenvalue weighted by atomic mass is 9.49. The first-order chi connectivity index (χ1) is 9.68. The standard InChI is InChI=1S/C17H27N3/c1-12-19-16(11-20(12)4-3-18-2)17-8-13-5-14(9-17)7-15(6-13)10-17/h11,13-15,18H,3-10H2,1-2H3. The molecule has 0 aromatic carbocycles. The highest BCUT2D eigenvalue weighted by Crippen LogP contribution is 2.60. The van der Waals surface area contributed by atoms with E-state index in [1.165, 1.54) is 50.0 Å². The van der Waals surface area contributed by atoms with Crippen LogP contribution in [0.25, 0.3) is 0 Å². The molecule has 1 aromatic rings. The molecular weight excluding hydrogens is 246 g/mol. The van der Waals surface area contributed by atoms with Gasteiger partial charge in [0, 0.05) is 24.7 Å². The van der Waals surface area contributed by atoms with Crippen LogP contribution < -0.4 is 5.32 Å². The molecule has 1 N–H and O–H groups in total. The van der Waals surface area contributed by atoms with Gasteiger partial charge in [0.2, 0.25) is 0 Å². The smallest absolute Gasteiger partial charge is 0.105 e. The van der Waals surface area contributed by atoms with Crippen molar-refractivity contribution in [3.63, 3.8) is 0 Å². The zero-order chi connectivity index (χ0) is 13.7. The summed E-state index contributed by atoms with van der Waals surface area (Å²) in [6, 6.07) is 0. The molecule has 3 heteroatoms. The lowest BCUT2D eigenvalue weighted by Gasteiger charge is -2.56. The number of likely N-dealkylation sites (N-methyl/N-ethyl adjacent to an activating group) is 1. The summed E-state index contributed by atoms with van der Waals surface area (Å²) in [7, 11) is 2.02. The second kappa shape index (κ2) is 4.59. The van der Waals surface area contributed by atoms with Gasteiger partial charge in [-0.05, 0) is 70.3 Å². The highest BCUT2D eigenvalue weighted by molar-refractivity contribution is 5.22. The molecule has 0 radical (unpaired) electrons. The zero-order valence-corrected chi connectivity index (χ0v) is 12.9. The van der Waals surface area contributed by atoms with Crippen molar-refractivity contribution in [2.24, 2.45) is 17.8 Å². The summed E-state index contributed by atoms with van der Waals surface area (Å²) in [6.07, 6.45) is 11.2. The highest BCUT2D eigenvalue weighted by atomic mass is 15.1. The third-order valence-electron chi connectivity index (χ3n) is 6.16. The Kier molecular flexibility index (Phi) is 2.95. The molecule has 1 heterocycles. The molecule has 0 saturated heterocycles. The Labute approximate surface area is 122 Å². The van der Waals surface area contributed by atoms with Crippen molar-refractivity contribution in [1.29, 1.82) is 0 Å². The van der Waals surface area contributed by atoms with E-state index in [9.17, 15) is 0 Å². The van der Waals surface area contributed by atoms with Gasteiger partial charge in [-0.3, -0.25) is 0 Å². The molecule has 3 nitrogen and oxygen atoms in total. The maximum absolute atomic E-state index is 4.99. The Balaban J connectivity index is 1.63. The summed E-state index contributed by atoms with van der Waals surface area (Å²) in [5.74, 6) is 4.21. The second-order valence-corrected chi connectivity index (χ2v) is 7.67. The summed E-state index contributed by atoms with van der Waals surface area (Å²) in [5.41, 5.74) is 1.87. The summed E-state index contributed by atoms with van der Waals surface area (Å²) in [4.78, 5) is 4.99. The molecular formula is C17H27N3. The highest BCUT2D eigenvalue weighted by Gasteiger charge is 2.52. The van der Waals surface area contributed by atoms with E-state index in [-0.39, 0.29) is 0 Å². The van der Waals surface area contributed by atoms with Gasteiger partial charge in [0.1, 0.15) is 5.82 Å². The van der Waals surface area contributed by atoms with Gasteiger partial charge in [0.15, 0.2) is 0 Å². The number of aromatic nitrogens is 2. The fourth-order valence-corrected chi connectivity index (χ4v) is 5.65. The van der Waals surface area contributed by atoms with Gasteiger partial charge in [-0.2, -0.15) is 0 Å². The van der Waals surface area contributed by atoms with Crippen molar-refractivity contribution in [2.75, 3.05) is 13.6 Å². The first kappa shape index (κ1) is 12.9. The average Bonchev–Trinajstić information content (AvgIpc) is 2.77. The van der Waals surface area contributed by atoms with Gasteiger partial charge in [-0.25, -0.2) is 4.98 Å². The Morgan fingerprint density at radius 2 is 1.80 bits per heavy atom. The maximum Gasteiger partial charge on any atom is 0.105 e. The number of aryl methyl sites for hydroxylation is 1. The molecule has 0 unspecified atom stereocenters. The van der Waals surface area contributed by atoms with Crippen molar-refractivity contribution in [3.05, 3.63) is 17.7 Å². The minimum absolute atomic E-state index is 0.449. The van der Waals surface area contributed by atoms with E-state index in [0.29, 0.717) is 5.41 Å². The molecule has 110 valence electrons. The van der Waals surface area contributed by atoms with Crippen LogP contribution in [-0.4, -0.2) is 23.1 Å². The monoisotopic (exact) mass is 273 g/mol. The number of nitrogens with zero attached hydrogens (tertiary/aromatic N) is 2. The van der Waals surface area contributed by atoms with E-state index >= 15 is 0 Å². The van der Waals surface area contributed by atoms with Gasteiger partial charge >= 0.3 is 0 Å². The van der Waals surface area contributed by atoms with Crippen LogP contribution in [0.3, 0.4) is 0 Å². The Morgan fingerprint density at radius 3 is 2.35 bits per heavy atom. The van der Waals surface area contributed by atoms with E-state index in [4.69, 9.17) is 4.98 Å². The Hall–Kier alpha value is -0.830. The topological polar surface area (TPSA) is 29.9 Å². The number of rotatable bonds is 4. The number of nitrogens with one attached hydrogen (secondary N) is 1. The molecule has 5 rings (SSSR count). The third kappa shape index (κ3) is 1.93. The van der Waals surface area contributed by atoms with Crippen molar-refractivity contribution < 1.29 is 0 Å². The minimum atomic E-state index is 0.449. The molecule has 4 bridgehead atoms. The largest absolute Gasteiger partial charge is 0.334 e. The summed E-state index contributed by atoms with van der Waals surface area (Å²) in [5, 5.41) is 3.24. The van der Waals surface area contributed by atoms with Crippen LogP contribution in [-0.2, 0) is 12.0 Å². The van der Waals surface area contributed by atoms with Gasteiger partial charge in [0.25, 0.3) is 0 Å². The van der Waals surface area contributed by atoms with E-state index in [2.05, 4.69) is 23.0 Å². The molecule has 4 fully saturated rings. The molecule has 4 aliphatic carbocycles. The lowest BCUT2D eigenvalue weighted by Crippen LogP contribution is -2.48. The van der Waals surface area contributed by atoms with Gasteiger partial charge in [-0.15, -0.1) is 0 Å². The number of hydrogen-bond donors (Lipinski definition) is 1. The van der Waals surface area contributed by atoms with Crippen LogP contribution in [0, 0.1) is 24.7 Å². The lowest BCUT2D eigenvalue weighted by molar-refractivity contribution is -0.00709. The van der Waals surface area contributed by atoms with Gasteiger partial charge < -0.3 is 9.88 Å². The molecule has 0 amide bonds. The number of imidazole rings is 1. The summed E-state index contributed by atoms with van der Waals surface area (Å²) < 4.78 is 2.35. The van der Waals surface area contributed by atoms with Crippen molar-refractivity contribution in [3.8, 4) is 0 Å². The molecule has 4 saturated carbocycles. The zero-order valence-electron chi connectivity index (χ0n) is 12.9. The maximum atomic E-state index is 4.99. The van der Waals surface area contributed by atoms with E-state index in [1.807, 2.05) is 7.05 Å². The molecule has 0 aliphatic heterocycles. The first-order valence-corrected chi connectivity index (χ1v) is 8.37. The van der Waals surface area contributed by atoms with Crippen LogP contribution in [0.15, 0.2) is 6.20 Å². The third-order valence-corrected chi connectivity index (χ3v) is 6.16. The van der Waals surface area contributed by atoms with Crippen LogP contribution in [0.5, 0.6) is 0 Å². The Morgan fingerprint density at radius 1 is 1.20 bits per heavy atom. The van der Waals surface area contributed by atoms with Crippen molar-refractivity contribution in [2.45, 2.75) is 57.4 Å². The molecule has 1 aromatic heterocycles. The van der Waals surface area contributed by atoms with E-state index < -0.39 is 0 Å². The Bertz CT molecular complexity index is 467. The average molecular weight is 273 g/mol. The van der Waals surface area contributed by atoms with Crippen LogP contribution in [0.2, 0.25) is 0 Å². The fourth-order valence-electron chi connectivity index (χ4n) is 5.65. The second-order valence-electron chi connectivity index (χ2n) is 7.67. The van der Waals surface area contributed by atoms with Crippen LogP contribution in [0.1, 0.15) is 50.0 Å². The quantitative estimate of drug-likeness (QED) is 0.914. The first-order valence-electron chi connectivity index (χ1n) is 8.37. The predicted molar refractivity (Wildman–Crippen MR) is 80.7 cm³/mol. The van der Waals surface area contributed by atoms with Gasteiger partial charge in [-0.1, -0.05) is 0 Å².